The first kappa shape index (κ1) is 35.3. The van der Waals surface area contributed by atoms with E-state index in [1.807, 2.05) is 4.72 Å². The van der Waals surface area contributed by atoms with E-state index >= 15 is 0 Å². The standard InChI is InChI=1S/C30H34ClF4NO6SSi/c1-29(2,3)44(6,7)42-13-12-18-8-10-21(32)17-22(18)19-9-11-23(30(33,34)35)25(15-19)36-43(38,39)26-16-20(28(37)41-5)14-24(31)27(26)40-4/h8-11,14-17,36H,12-13H2,1-7H3. The van der Waals surface area contributed by atoms with Gasteiger partial charge in [-0.1, -0.05) is 44.5 Å². The number of rotatable bonds is 10. The number of hydrogen-bond acceptors (Lipinski definition) is 6. The molecule has 0 aliphatic carbocycles. The summed E-state index contributed by atoms with van der Waals surface area (Å²) in [5.74, 6) is -1.96. The molecule has 240 valence electrons. The van der Waals surface area contributed by atoms with E-state index in [4.69, 9.17) is 20.8 Å². The average Bonchev–Trinajstić information content (AvgIpc) is 2.91. The van der Waals surface area contributed by atoms with Crippen molar-refractivity contribution >= 4 is 41.6 Å². The molecule has 0 spiro atoms. The van der Waals surface area contributed by atoms with Crippen molar-refractivity contribution in [2.24, 2.45) is 0 Å². The van der Waals surface area contributed by atoms with E-state index in [-0.39, 0.29) is 26.8 Å². The Hall–Kier alpha value is -3.13. The molecule has 0 radical (unpaired) electrons. The fourth-order valence-electron chi connectivity index (χ4n) is 4.11. The highest BCUT2D eigenvalue weighted by Crippen LogP contribution is 2.41. The first-order valence-electron chi connectivity index (χ1n) is 13.3. The molecule has 0 aliphatic heterocycles. The van der Waals surface area contributed by atoms with Crippen LogP contribution in [0.2, 0.25) is 23.2 Å². The van der Waals surface area contributed by atoms with Crippen molar-refractivity contribution in [3.8, 4) is 16.9 Å². The first-order valence-corrected chi connectivity index (χ1v) is 18.1. The SMILES string of the molecule is COC(=O)c1cc(Cl)c(OC)c(S(=O)(=O)Nc2cc(-c3cc(F)ccc3CCO[Si](C)(C)C(C)(C)C)ccc2C(F)(F)F)c1. The van der Waals surface area contributed by atoms with Crippen molar-refractivity contribution in [1.29, 1.82) is 0 Å². The number of nitrogens with one attached hydrogen (secondary N) is 1. The topological polar surface area (TPSA) is 90.9 Å². The van der Waals surface area contributed by atoms with Gasteiger partial charge in [-0.15, -0.1) is 0 Å². The molecule has 44 heavy (non-hydrogen) atoms. The van der Waals surface area contributed by atoms with Crippen molar-refractivity contribution in [2.75, 3.05) is 25.5 Å². The van der Waals surface area contributed by atoms with Crippen LogP contribution in [0.1, 0.15) is 42.3 Å². The van der Waals surface area contributed by atoms with Crippen LogP contribution in [0.25, 0.3) is 11.1 Å². The van der Waals surface area contributed by atoms with Gasteiger partial charge in [-0.2, -0.15) is 13.2 Å². The Morgan fingerprint density at radius 2 is 1.66 bits per heavy atom. The van der Waals surface area contributed by atoms with Crippen LogP contribution in [0.15, 0.2) is 53.4 Å². The second-order valence-corrected chi connectivity index (χ2v) is 18.4. The summed E-state index contributed by atoms with van der Waals surface area (Å²) in [5.41, 5.74) is -1.40. The number of carbonyl (C=O) groups excluding carboxylic acids is 1. The Kier molecular flexibility index (Phi) is 10.5. The highest BCUT2D eigenvalue weighted by molar-refractivity contribution is 7.92. The maximum Gasteiger partial charge on any atom is 0.418 e. The van der Waals surface area contributed by atoms with Crippen LogP contribution in [0.5, 0.6) is 5.75 Å². The van der Waals surface area contributed by atoms with Gasteiger partial charge >= 0.3 is 12.1 Å². The summed E-state index contributed by atoms with van der Waals surface area (Å²) in [5, 5.41) is -0.341. The van der Waals surface area contributed by atoms with Gasteiger partial charge in [0.2, 0.25) is 0 Å². The molecule has 0 aliphatic rings. The van der Waals surface area contributed by atoms with E-state index < -0.39 is 58.2 Å². The number of ether oxygens (including phenoxy) is 2. The smallest absolute Gasteiger partial charge is 0.418 e. The van der Waals surface area contributed by atoms with Crippen LogP contribution in [0, 0.1) is 5.82 Å². The van der Waals surface area contributed by atoms with E-state index in [1.54, 1.807) is 0 Å². The number of anilines is 1. The van der Waals surface area contributed by atoms with Crippen molar-refractivity contribution in [1.82, 2.24) is 0 Å². The number of alkyl halides is 3. The largest absolute Gasteiger partial charge is 0.494 e. The number of methoxy groups -OCH3 is 2. The molecule has 0 unspecified atom stereocenters. The van der Waals surface area contributed by atoms with Gasteiger partial charge < -0.3 is 13.9 Å². The summed E-state index contributed by atoms with van der Waals surface area (Å²) >= 11 is 6.13. The predicted molar refractivity (Wildman–Crippen MR) is 164 cm³/mol. The van der Waals surface area contributed by atoms with E-state index in [0.29, 0.717) is 24.7 Å². The van der Waals surface area contributed by atoms with Crippen LogP contribution < -0.4 is 9.46 Å². The molecule has 0 aromatic heterocycles. The third-order valence-electron chi connectivity index (χ3n) is 7.52. The van der Waals surface area contributed by atoms with Crippen LogP contribution in [0.4, 0.5) is 23.2 Å². The Labute approximate surface area is 260 Å². The zero-order valence-electron chi connectivity index (χ0n) is 25.3. The monoisotopic (exact) mass is 675 g/mol. The third kappa shape index (κ3) is 7.92. The lowest BCUT2D eigenvalue weighted by atomic mass is 9.96. The minimum atomic E-state index is -4.96. The average molecular weight is 676 g/mol. The molecule has 14 heteroatoms. The lowest BCUT2D eigenvalue weighted by Crippen LogP contribution is -2.41. The minimum Gasteiger partial charge on any atom is -0.494 e. The molecule has 7 nitrogen and oxygen atoms in total. The van der Waals surface area contributed by atoms with Gasteiger partial charge in [0.25, 0.3) is 10.0 Å². The second kappa shape index (κ2) is 13.1. The van der Waals surface area contributed by atoms with Crippen molar-refractivity contribution in [3.63, 3.8) is 0 Å². The Morgan fingerprint density at radius 3 is 2.23 bits per heavy atom. The van der Waals surface area contributed by atoms with Crippen LogP contribution in [0.3, 0.4) is 0 Å². The van der Waals surface area contributed by atoms with Gasteiger partial charge in [-0.25, -0.2) is 17.6 Å². The Bertz CT molecular complexity index is 1660. The molecule has 1 N–H and O–H groups in total. The fourth-order valence-corrected chi connectivity index (χ4v) is 6.80. The second-order valence-electron chi connectivity index (χ2n) is 11.5. The maximum absolute atomic E-state index is 14.4. The highest BCUT2D eigenvalue weighted by Gasteiger charge is 2.37. The lowest BCUT2D eigenvalue weighted by molar-refractivity contribution is -0.136. The van der Waals surface area contributed by atoms with Gasteiger partial charge in [0.1, 0.15) is 10.7 Å². The van der Waals surface area contributed by atoms with Gasteiger partial charge in [0.05, 0.1) is 36.1 Å². The summed E-state index contributed by atoms with van der Waals surface area (Å²) in [6, 6.07) is 8.74. The molecule has 0 saturated heterocycles. The number of halogens is 5. The summed E-state index contributed by atoms with van der Waals surface area (Å²) in [4.78, 5) is 11.4. The van der Waals surface area contributed by atoms with Crippen molar-refractivity contribution in [2.45, 2.75) is 56.4 Å². The molecule has 3 aromatic carbocycles. The minimum absolute atomic E-state index is 0.0542. The molecule has 0 amide bonds. The van der Waals surface area contributed by atoms with Gasteiger partial charge in [-0.05, 0) is 77.6 Å². The number of sulfonamides is 1. The van der Waals surface area contributed by atoms with Crippen LogP contribution >= 0.6 is 11.6 Å². The zero-order valence-corrected chi connectivity index (χ0v) is 27.9. The molecular formula is C30H34ClF4NO6SSi. The molecular weight excluding hydrogens is 642 g/mol. The van der Waals surface area contributed by atoms with E-state index in [0.717, 1.165) is 38.5 Å². The lowest BCUT2D eigenvalue weighted by Gasteiger charge is -2.36. The molecule has 3 aromatic rings. The van der Waals surface area contributed by atoms with Crippen LogP contribution in [-0.4, -0.2) is 43.5 Å². The molecule has 0 fully saturated rings. The molecule has 0 heterocycles. The highest BCUT2D eigenvalue weighted by atomic mass is 35.5. The molecule has 0 bridgehead atoms. The van der Waals surface area contributed by atoms with Crippen molar-refractivity contribution < 1.29 is 44.7 Å². The number of carbonyl (C=O) groups is 1. The third-order valence-corrected chi connectivity index (χ3v) is 13.7. The zero-order chi connectivity index (χ0) is 33.3. The summed E-state index contributed by atoms with van der Waals surface area (Å²) in [7, 11) is -4.78. The summed E-state index contributed by atoms with van der Waals surface area (Å²) < 4.78 is 102. The Balaban J connectivity index is 2.12. The van der Waals surface area contributed by atoms with Crippen molar-refractivity contribution in [3.05, 3.63) is 76.1 Å². The molecule has 0 saturated carbocycles. The Morgan fingerprint density at radius 1 is 1.00 bits per heavy atom. The van der Waals surface area contributed by atoms with Gasteiger partial charge in [0, 0.05) is 6.61 Å². The van der Waals surface area contributed by atoms with E-state index in [1.165, 1.54) is 18.2 Å². The fraction of sp³-hybridized carbons (Fsp3) is 0.367. The maximum atomic E-state index is 14.4. The van der Waals surface area contributed by atoms with E-state index in [9.17, 15) is 30.8 Å². The molecule has 0 atom stereocenters. The quantitative estimate of drug-likeness (QED) is 0.132. The predicted octanol–water partition coefficient (Wildman–Crippen LogP) is 8.33. The molecule has 3 rings (SSSR count). The number of esters is 1. The summed E-state index contributed by atoms with van der Waals surface area (Å²) in [6.07, 6.45) is -4.63. The van der Waals surface area contributed by atoms with Gasteiger partial charge in [-0.3, -0.25) is 4.72 Å². The number of hydrogen-bond donors (Lipinski definition) is 1. The number of benzene rings is 3. The van der Waals surface area contributed by atoms with E-state index in [2.05, 4.69) is 38.6 Å². The normalized spacial score (nSPS) is 12.6. The first-order chi connectivity index (χ1) is 20.2. The van der Waals surface area contributed by atoms with Gasteiger partial charge in [0.15, 0.2) is 14.1 Å². The van der Waals surface area contributed by atoms with Crippen LogP contribution in [-0.2, 0) is 31.8 Å². The summed E-state index contributed by atoms with van der Waals surface area (Å²) in [6.45, 7) is 10.7.